The summed E-state index contributed by atoms with van der Waals surface area (Å²) < 4.78 is 64.3. The highest BCUT2D eigenvalue weighted by Crippen LogP contribution is 2.29. The maximum absolute atomic E-state index is 12.5. The lowest BCUT2D eigenvalue weighted by atomic mass is 10.2. The lowest BCUT2D eigenvalue weighted by Gasteiger charge is -2.13. The molecule has 0 spiro atoms. The van der Waals surface area contributed by atoms with Crippen molar-refractivity contribution in [1.29, 1.82) is 0 Å². The van der Waals surface area contributed by atoms with E-state index in [1.165, 1.54) is 0 Å². The van der Waals surface area contributed by atoms with Crippen LogP contribution in [0.25, 0.3) is 0 Å². The van der Waals surface area contributed by atoms with Crippen molar-refractivity contribution in [2.24, 2.45) is 0 Å². The van der Waals surface area contributed by atoms with E-state index in [1.54, 1.807) is 32.0 Å². The summed E-state index contributed by atoms with van der Waals surface area (Å²) in [5.74, 6) is 0.885. The Hall–Kier alpha value is -2.20. The molecule has 0 aliphatic rings. The van der Waals surface area contributed by atoms with Crippen LogP contribution in [0.4, 0.5) is 19.0 Å². The lowest BCUT2D eigenvalue weighted by molar-refractivity contribution is -0.137. The zero-order valence-corrected chi connectivity index (χ0v) is 14.6. The molecule has 6 nitrogen and oxygen atoms in total. The molecule has 0 aliphatic heterocycles. The second-order valence-corrected chi connectivity index (χ2v) is 7.29. The molecule has 2 aromatic rings. The molecular formula is C15H17F3N4O2S. The van der Waals surface area contributed by atoms with Gasteiger partial charge in [0.2, 0.25) is 10.0 Å². The molecule has 0 aliphatic carbocycles. The van der Waals surface area contributed by atoms with Gasteiger partial charge in [-0.2, -0.15) is 13.2 Å². The van der Waals surface area contributed by atoms with E-state index in [0.29, 0.717) is 11.5 Å². The van der Waals surface area contributed by atoms with Crippen LogP contribution in [-0.4, -0.2) is 32.5 Å². The minimum Gasteiger partial charge on any atom is -0.363 e. The highest BCUT2D eigenvalue weighted by molar-refractivity contribution is 7.89. The van der Waals surface area contributed by atoms with Crippen LogP contribution in [0.2, 0.25) is 0 Å². The summed E-state index contributed by atoms with van der Waals surface area (Å²) >= 11 is 0. The number of nitrogens with one attached hydrogen (secondary N) is 1. The van der Waals surface area contributed by atoms with E-state index < -0.39 is 21.8 Å². The summed E-state index contributed by atoms with van der Waals surface area (Å²) in [4.78, 5) is 9.85. The Bertz CT molecular complexity index is 850. The fourth-order valence-corrected chi connectivity index (χ4v) is 2.97. The third kappa shape index (κ3) is 4.89. The first-order valence-electron chi connectivity index (χ1n) is 7.18. The fraction of sp³-hybridized carbons (Fsp3) is 0.333. The summed E-state index contributed by atoms with van der Waals surface area (Å²) in [6, 6.07) is 5.01. The van der Waals surface area contributed by atoms with Crippen LogP contribution < -0.4 is 9.62 Å². The molecule has 1 aromatic heterocycles. The molecule has 0 saturated carbocycles. The van der Waals surface area contributed by atoms with E-state index in [2.05, 4.69) is 14.7 Å². The molecule has 136 valence electrons. The predicted molar refractivity (Wildman–Crippen MR) is 86.6 cm³/mol. The standard InChI is InChI=1S/C15H17F3N4O2S/c1-10-8-14(22(2)3)21-13(20-10)9-19-25(23,24)12-6-4-11(5-7-12)15(16,17)18/h4-8,19H,9H2,1-3H3. The summed E-state index contributed by atoms with van der Waals surface area (Å²) in [6.07, 6.45) is -4.52. The monoisotopic (exact) mass is 374 g/mol. The van der Waals surface area contributed by atoms with Crippen LogP contribution in [-0.2, 0) is 22.7 Å². The maximum atomic E-state index is 12.5. The number of aryl methyl sites for hydroxylation is 1. The van der Waals surface area contributed by atoms with Gasteiger partial charge in [-0.05, 0) is 31.2 Å². The molecule has 1 N–H and O–H groups in total. The van der Waals surface area contributed by atoms with Crippen molar-refractivity contribution >= 4 is 15.8 Å². The Morgan fingerprint density at radius 2 is 1.72 bits per heavy atom. The van der Waals surface area contributed by atoms with Gasteiger partial charge < -0.3 is 4.90 Å². The van der Waals surface area contributed by atoms with Crippen LogP contribution in [0, 0.1) is 6.92 Å². The van der Waals surface area contributed by atoms with Gasteiger partial charge in [0.25, 0.3) is 0 Å². The molecule has 0 radical (unpaired) electrons. The third-order valence-electron chi connectivity index (χ3n) is 3.26. The molecule has 10 heteroatoms. The van der Waals surface area contributed by atoms with Crippen molar-refractivity contribution in [3.63, 3.8) is 0 Å². The molecular weight excluding hydrogens is 357 g/mol. The first kappa shape index (κ1) is 19.1. The van der Waals surface area contributed by atoms with Gasteiger partial charge in [0.05, 0.1) is 17.0 Å². The van der Waals surface area contributed by atoms with Crippen molar-refractivity contribution < 1.29 is 21.6 Å². The van der Waals surface area contributed by atoms with E-state index in [0.717, 1.165) is 24.3 Å². The van der Waals surface area contributed by atoms with Gasteiger partial charge in [0, 0.05) is 25.9 Å². The Morgan fingerprint density at radius 3 is 2.24 bits per heavy atom. The minimum absolute atomic E-state index is 0.175. The smallest absolute Gasteiger partial charge is 0.363 e. The minimum atomic E-state index is -4.52. The van der Waals surface area contributed by atoms with Crippen LogP contribution in [0.1, 0.15) is 17.1 Å². The van der Waals surface area contributed by atoms with Gasteiger partial charge in [-0.1, -0.05) is 0 Å². The molecule has 0 saturated heterocycles. The number of hydrogen-bond donors (Lipinski definition) is 1. The van der Waals surface area contributed by atoms with E-state index in [4.69, 9.17) is 0 Å². The number of rotatable bonds is 5. The molecule has 1 aromatic carbocycles. The molecule has 25 heavy (non-hydrogen) atoms. The van der Waals surface area contributed by atoms with Crippen molar-refractivity contribution in [3.8, 4) is 0 Å². The van der Waals surface area contributed by atoms with Gasteiger partial charge in [0.1, 0.15) is 11.6 Å². The highest BCUT2D eigenvalue weighted by Gasteiger charge is 2.30. The third-order valence-corrected chi connectivity index (χ3v) is 4.67. The van der Waals surface area contributed by atoms with Gasteiger partial charge in [-0.3, -0.25) is 0 Å². The van der Waals surface area contributed by atoms with Crippen LogP contribution in [0.3, 0.4) is 0 Å². The van der Waals surface area contributed by atoms with Crippen molar-refractivity contribution in [2.45, 2.75) is 24.5 Å². The van der Waals surface area contributed by atoms with Crippen molar-refractivity contribution in [3.05, 3.63) is 47.4 Å². The molecule has 1 heterocycles. The van der Waals surface area contributed by atoms with Gasteiger partial charge in [-0.15, -0.1) is 0 Å². The second kappa shape index (κ2) is 6.96. The lowest BCUT2D eigenvalue weighted by Crippen LogP contribution is -2.25. The quantitative estimate of drug-likeness (QED) is 0.870. The van der Waals surface area contributed by atoms with Gasteiger partial charge >= 0.3 is 6.18 Å². The zero-order chi connectivity index (χ0) is 18.8. The fourth-order valence-electron chi connectivity index (χ4n) is 1.99. The average Bonchev–Trinajstić information content (AvgIpc) is 2.52. The van der Waals surface area contributed by atoms with E-state index >= 15 is 0 Å². The maximum Gasteiger partial charge on any atom is 0.416 e. The van der Waals surface area contributed by atoms with E-state index in [9.17, 15) is 21.6 Å². The zero-order valence-electron chi connectivity index (χ0n) is 13.8. The Labute approximate surface area is 143 Å². The van der Waals surface area contributed by atoms with Crippen LogP contribution in [0.15, 0.2) is 35.2 Å². The number of alkyl halides is 3. The predicted octanol–water partition coefficient (Wildman–Crippen LogP) is 2.35. The first-order chi connectivity index (χ1) is 11.5. The van der Waals surface area contributed by atoms with Gasteiger partial charge in [0.15, 0.2) is 0 Å². The van der Waals surface area contributed by atoms with Crippen LogP contribution >= 0.6 is 0 Å². The number of benzene rings is 1. The van der Waals surface area contributed by atoms with Gasteiger partial charge in [-0.25, -0.2) is 23.1 Å². The summed E-state index contributed by atoms with van der Waals surface area (Å²) in [6.45, 7) is 1.58. The molecule has 0 fully saturated rings. The molecule has 2 rings (SSSR count). The largest absolute Gasteiger partial charge is 0.416 e. The molecule has 0 atom stereocenters. The Morgan fingerprint density at radius 1 is 1.12 bits per heavy atom. The number of anilines is 1. The number of nitrogens with zero attached hydrogens (tertiary/aromatic N) is 3. The summed E-state index contributed by atoms with van der Waals surface area (Å²) in [7, 11) is -0.398. The highest BCUT2D eigenvalue weighted by atomic mass is 32.2. The SMILES string of the molecule is Cc1cc(N(C)C)nc(CNS(=O)(=O)c2ccc(C(F)(F)F)cc2)n1. The van der Waals surface area contributed by atoms with Crippen LogP contribution in [0.5, 0.6) is 0 Å². The van der Waals surface area contributed by atoms with E-state index in [1.807, 2.05) is 0 Å². The molecule has 0 amide bonds. The molecule has 0 unspecified atom stereocenters. The number of halogens is 3. The van der Waals surface area contributed by atoms with E-state index in [-0.39, 0.29) is 17.3 Å². The van der Waals surface area contributed by atoms with Crippen molar-refractivity contribution in [1.82, 2.24) is 14.7 Å². The second-order valence-electron chi connectivity index (χ2n) is 5.52. The Balaban J connectivity index is 2.17. The number of hydrogen-bond acceptors (Lipinski definition) is 5. The topological polar surface area (TPSA) is 75.2 Å². The normalized spacial score (nSPS) is 12.2. The first-order valence-corrected chi connectivity index (χ1v) is 8.66. The number of aromatic nitrogens is 2. The average molecular weight is 374 g/mol. The summed E-state index contributed by atoms with van der Waals surface area (Å²) in [5.41, 5.74) is -0.244. The number of sulfonamides is 1. The molecule has 0 bridgehead atoms. The Kier molecular flexibility index (Phi) is 5.33. The van der Waals surface area contributed by atoms with Crippen molar-refractivity contribution in [2.75, 3.05) is 19.0 Å². The summed E-state index contributed by atoms with van der Waals surface area (Å²) in [5, 5.41) is 0.